The molecule has 1 amide bonds. The first-order valence-corrected chi connectivity index (χ1v) is 13.4. The van der Waals surface area contributed by atoms with Crippen molar-refractivity contribution in [1.82, 2.24) is 5.32 Å². The van der Waals surface area contributed by atoms with Gasteiger partial charge in [-0.2, -0.15) is 0 Å². The van der Waals surface area contributed by atoms with Crippen molar-refractivity contribution in [2.75, 3.05) is 18.5 Å². The van der Waals surface area contributed by atoms with Crippen LogP contribution < -0.4 is 21.0 Å². The van der Waals surface area contributed by atoms with Crippen molar-refractivity contribution in [1.29, 1.82) is 0 Å². The zero-order chi connectivity index (χ0) is 28.6. The summed E-state index contributed by atoms with van der Waals surface area (Å²) in [5, 5.41) is 17.0. The maximum Gasteiger partial charge on any atom is 0.360 e. The maximum atomic E-state index is 12.9. The Hall–Kier alpha value is -3.84. The van der Waals surface area contributed by atoms with Crippen LogP contribution in [0.5, 0.6) is 11.5 Å². The van der Waals surface area contributed by atoms with E-state index in [9.17, 15) is 14.7 Å². The number of rotatable bonds is 13. The Kier molecular flexibility index (Phi) is 10.1. The van der Waals surface area contributed by atoms with Crippen LogP contribution in [0.3, 0.4) is 0 Å². The average molecular weight is 533 g/mol. The molecule has 0 fully saturated rings. The molecule has 3 aromatic rings. The second-order valence-electron chi connectivity index (χ2n) is 10.4. The molecule has 0 aliphatic rings. The van der Waals surface area contributed by atoms with Crippen molar-refractivity contribution in [2.45, 2.75) is 65.8 Å². The smallest absolute Gasteiger partial charge is 0.360 e. The largest absolute Gasteiger partial charge is 0.508 e. The van der Waals surface area contributed by atoms with E-state index >= 15 is 0 Å². The zero-order valence-electron chi connectivity index (χ0n) is 23.6. The fourth-order valence-electron chi connectivity index (χ4n) is 4.25. The highest BCUT2D eigenvalue weighted by atomic mass is 16.5. The predicted molar refractivity (Wildman–Crippen MR) is 158 cm³/mol. The van der Waals surface area contributed by atoms with Crippen molar-refractivity contribution in [3.8, 4) is 11.5 Å². The standard InChI is InChI=1S/C32H40N2O5/c1-7-16-32(6,8-2)33-17-9-18-38-28-15-13-24-20-26(31(37)39-29(24)22(28)5)34-30(36)25-12-14-27(35)23(19-25)11-10-21(3)4/h7,10,12-15,19-20,33,35H,1,8-9,11,16-18H2,2-6H3,(H,34,36). The molecule has 1 aromatic heterocycles. The number of amides is 1. The molecule has 0 saturated carbocycles. The van der Waals surface area contributed by atoms with Gasteiger partial charge in [-0.25, -0.2) is 4.79 Å². The number of fused-ring (bicyclic) bond motifs is 1. The van der Waals surface area contributed by atoms with Crippen LogP contribution in [-0.2, 0) is 6.42 Å². The van der Waals surface area contributed by atoms with Gasteiger partial charge in [-0.05, 0) is 102 Å². The summed E-state index contributed by atoms with van der Waals surface area (Å²) in [6, 6.07) is 9.89. The molecule has 7 heteroatoms. The molecule has 208 valence electrons. The van der Waals surface area contributed by atoms with Crippen LogP contribution in [0.2, 0.25) is 0 Å². The van der Waals surface area contributed by atoms with Gasteiger partial charge in [0.1, 0.15) is 22.8 Å². The van der Waals surface area contributed by atoms with E-state index in [1.165, 1.54) is 12.1 Å². The number of hydrogen-bond acceptors (Lipinski definition) is 6. The van der Waals surface area contributed by atoms with Gasteiger partial charge in [0.2, 0.25) is 0 Å². The molecule has 0 saturated heterocycles. The predicted octanol–water partition coefficient (Wildman–Crippen LogP) is 6.67. The molecule has 3 N–H and O–H groups in total. The van der Waals surface area contributed by atoms with Gasteiger partial charge in [-0.1, -0.05) is 24.6 Å². The molecule has 1 atom stereocenters. The van der Waals surface area contributed by atoms with Crippen LogP contribution >= 0.6 is 0 Å². The first-order chi connectivity index (χ1) is 18.6. The number of carbonyl (C=O) groups excluding carboxylic acids is 1. The highest BCUT2D eigenvalue weighted by Crippen LogP contribution is 2.28. The highest BCUT2D eigenvalue weighted by molar-refractivity contribution is 6.05. The molecule has 0 bridgehead atoms. The lowest BCUT2D eigenvalue weighted by atomic mass is 9.94. The van der Waals surface area contributed by atoms with E-state index in [0.29, 0.717) is 40.9 Å². The number of ether oxygens (including phenoxy) is 1. The fourth-order valence-corrected chi connectivity index (χ4v) is 4.25. The Balaban J connectivity index is 1.69. The maximum absolute atomic E-state index is 12.9. The molecule has 0 aliphatic carbocycles. The third kappa shape index (κ3) is 7.83. The number of carbonyl (C=O) groups is 1. The molecule has 0 aliphatic heterocycles. The van der Waals surface area contributed by atoms with Gasteiger partial charge >= 0.3 is 5.63 Å². The monoisotopic (exact) mass is 532 g/mol. The van der Waals surface area contributed by atoms with Crippen LogP contribution in [-0.4, -0.2) is 29.7 Å². The second kappa shape index (κ2) is 13.3. The van der Waals surface area contributed by atoms with E-state index in [-0.39, 0.29) is 17.0 Å². The van der Waals surface area contributed by atoms with Crippen LogP contribution in [0.15, 0.2) is 69.9 Å². The lowest BCUT2D eigenvalue weighted by Crippen LogP contribution is -2.42. The van der Waals surface area contributed by atoms with Gasteiger partial charge in [-0.3, -0.25) is 4.79 Å². The third-order valence-electron chi connectivity index (χ3n) is 6.93. The molecular formula is C32H40N2O5. The molecular weight excluding hydrogens is 492 g/mol. The van der Waals surface area contributed by atoms with E-state index in [1.807, 2.05) is 45.1 Å². The number of phenolic OH excluding ortho intramolecular Hbond substituents is 1. The first-order valence-electron chi connectivity index (χ1n) is 13.4. The van der Waals surface area contributed by atoms with Crippen molar-refractivity contribution in [2.24, 2.45) is 0 Å². The van der Waals surface area contributed by atoms with E-state index in [0.717, 1.165) is 36.9 Å². The van der Waals surface area contributed by atoms with Crippen molar-refractivity contribution in [3.05, 3.63) is 87.8 Å². The number of allylic oxidation sites excluding steroid dienone is 2. The van der Waals surface area contributed by atoms with Gasteiger partial charge < -0.3 is 24.9 Å². The van der Waals surface area contributed by atoms with Gasteiger partial charge in [0.05, 0.1) is 6.61 Å². The molecule has 39 heavy (non-hydrogen) atoms. The number of hydrogen-bond donors (Lipinski definition) is 3. The molecule has 1 unspecified atom stereocenters. The minimum atomic E-state index is -0.648. The average Bonchev–Trinajstić information content (AvgIpc) is 2.90. The Labute approximate surface area is 230 Å². The minimum Gasteiger partial charge on any atom is -0.508 e. The van der Waals surface area contributed by atoms with Gasteiger partial charge in [0, 0.05) is 22.1 Å². The molecule has 0 spiro atoms. The fraction of sp³-hybridized carbons (Fsp3) is 0.375. The molecule has 0 radical (unpaired) electrons. The van der Waals surface area contributed by atoms with Crippen LogP contribution in [0.4, 0.5) is 5.69 Å². The van der Waals surface area contributed by atoms with Crippen LogP contribution in [0, 0.1) is 6.92 Å². The quantitative estimate of drug-likeness (QED) is 0.129. The number of aromatic hydroxyl groups is 1. The van der Waals surface area contributed by atoms with Crippen molar-refractivity contribution >= 4 is 22.6 Å². The number of phenols is 1. The summed E-state index contributed by atoms with van der Waals surface area (Å²) in [5.41, 5.74) is 2.65. The van der Waals surface area contributed by atoms with E-state index in [4.69, 9.17) is 9.15 Å². The molecule has 3 rings (SSSR count). The number of nitrogens with one attached hydrogen (secondary N) is 2. The van der Waals surface area contributed by atoms with Crippen molar-refractivity contribution < 1.29 is 19.1 Å². The van der Waals surface area contributed by atoms with E-state index in [1.54, 1.807) is 12.1 Å². The zero-order valence-corrected chi connectivity index (χ0v) is 23.6. The Morgan fingerprint density at radius 3 is 2.67 bits per heavy atom. The Bertz CT molecular complexity index is 1420. The summed E-state index contributed by atoms with van der Waals surface area (Å²) in [6.07, 6.45) is 7.15. The van der Waals surface area contributed by atoms with E-state index in [2.05, 4.69) is 31.1 Å². The lowest BCUT2D eigenvalue weighted by Gasteiger charge is -2.28. The van der Waals surface area contributed by atoms with Gasteiger partial charge in [0.15, 0.2) is 0 Å². The lowest BCUT2D eigenvalue weighted by molar-refractivity contribution is 0.102. The van der Waals surface area contributed by atoms with E-state index < -0.39 is 11.5 Å². The van der Waals surface area contributed by atoms with Gasteiger partial charge in [0.25, 0.3) is 5.91 Å². The summed E-state index contributed by atoms with van der Waals surface area (Å²) >= 11 is 0. The minimum absolute atomic E-state index is 0.0350. The Morgan fingerprint density at radius 1 is 1.21 bits per heavy atom. The van der Waals surface area contributed by atoms with Crippen LogP contribution in [0.25, 0.3) is 11.0 Å². The topological polar surface area (TPSA) is 101 Å². The third-order valence-corrected chi connectivity index (χ3v) is 6.93. The number of aryl methyl sites for hydroxylation is 1. The molecule has 2 aromatic carbocycles. The SMILES string of the molecule is C=CCC(C)(CC)NCCCOc1ccc2cc(NC(=O)c3ccc(O)c(CC=C(C)C)c3)c(=O)oc2c1C. The molecule has 1 heterocycles. The van der Waals surface area contributed by atoms with Crippen molar-refractivity contribution in [3.63, 3.8) is 0 Å². The first kappa shape index (κ1) is 29.7. The Morgan fingerprint density at radius 2 is 1.97 bits per heavy atom. The van der Waals surface area contributed by atoms with Gasteiger partial charge in [-0.15, -0.1) is 6.58 Å². The van der Waals surface area contributed by atoms with Crippen LogP contribution in [0.1, 0.15) is 68.4 Å². The summed E-state index contributed by atoms with van der Waals surface area (Å²) in [6.45, 7) is 15.3. The highest BCUT2D eigenvalue weighted by Gasteiger charge is 2.19. The molecule has 7 nitrogen and oxygen atoms in total. The number of anilines is 1. The second-order valence-corrected chi connectivity index (χ2v) is 10.4. The number of benzene rings is 2. The summed E-state index contributed by atoms with van der Waals surface area (Å²) in [4.78, 5) is 25.6. The normalized spacial score (nSPS) is 12.5. The summed E-state index contributed by atoms with van der Waals surface area (Å²) in [5.74, 6) is 0.309. The summed E-state index contributed by atoms with van der Waals surface area (Å²) < 4.78 is 11.6. The summed E-state index contributed by atoms with van der Waals surface area (Å²) in [7, 11) is 0.